The summed E-state index contributed by atoms with van der Waals surface area (Å²) in [7, 11) is -3.12. The van der Waals surface area contributed by atoms with Gasteiger partial charge in [0.15, 0.2) is 0 Å². The van der Waals surface area contributed by atoms with Gasteiger partial charge in [-0.3, -0.25) is 0 Å². The van der Waals surface area contributed by atoms with Crippen molar-refractivity contribution < 1.29 is 13.2 Å². The fourth-order valence-electron chi connectivity index (χ4n) is 1.24. The molecule has 0 aromatic rings. The number of sulfonamides is 1. The number of carbonyl (C=O) groups excluding carboxylic acids is 1. The summed E-state index contributed by atoms with van der Waals surface area (Å²) in [6, 6.07) is -0.492. The van der Waals surface area contributed by atoms with E-state index in [1.54, 1.807) is 0 Å². The van der Waals surface area contributed by atoms with Crippen molar-refractivity contribution >= 4 is 16.1 Å². The number of carbonyl (C=O) groups is 1. The van der Waals surface area contributed by atoms with Crippen LogP contribution in [0.4, 0.5) is 4.79 Å². The molecule has 2 amide bonds. The molecule has 13 heavy (non-hydrogen) atoms. The third kappa shape index (κ3) is 2.56. The molecular weight excluding hydrogens is 194 g/mol. The minimum absolute atomic E-state index is 0.335. The highest BCUT2D eigenvalue weighted by atomic mass is 32.2. The molecule has 76 valence electrons. The van der Waals surface area contributed by atoms with Crippen molar-refractivity contribution in [2.75, 3.05) is 32.4 Å². The Labute approximate surface area is 77.3 Å². The molecule has 0 bridgehead atoms. The first-order chi connectivity index (χ1) is 5.91. The Morgan fingerprint density at radius 1 is 1.23 bits per heavy atom. The largest absolute Gasteiger partial charge is 0.351 e. The molecule has 1 rings (SSSR count). The first kappa shape index (κ1) is 10.3. The van der Waals surface area contributed by atoms with Crippen LogP contribution in [-0.2, 0) is 10.0 Å². The van der Waals surface area contributed by atoms with E-state index in [2.05, 4.69) is 0 Å². The molecular formula is C6H13N3O3S. The van der Waals surface area contributed by atoms with Crippen LogP contribution in [0.3, 0.4) is 0 Å². The van der Waals surface area contributed by atoms with Crippen molar-refractivity contribution in [2.24, 2.45) is 5.73 Å². The van der Waals surface area contributed by atoms with E-state index in [-0.39, 0.29) is 0 Å². The molecule has 2 N–H and O–H groups in total. The molecule has 0 radical (unpaired) electrons. The van der Waals surface area contributed by atoms with Crippen LogP contribution in [0, 0.1) is 0 Å². The number of primary amides is 1. The normalized spacial score (nSPS) is 20.2. The van der Waals surface area contributed by atoms with Crippen molar-refractivity contribution in [1.29, 1.82) is 0 Å². The summed E-state index contributed by atoms with van der Waals surface area (Å²) in [6.07, 6.45) is 1.16. The Hall–Kier alpha value is -0.820. The molecule has 0 aliphatic carbocycles. The highest BCUT2D eigenvalue weighted by Gasteiger charge is 2.24. The molecule has 7 heteroatoms. The first-order valence-corrected chi connectivity index (χ1v) is 5.75. The minimum Gasteiger partial charge on any atom is -0.351 e. The molecule has 6 nitrogen and oxygen atoms in total. The molecule has 1 saturated heterocycles. The van der Waals surface area contributed by atoms with Gasteiger partial charge in [0, 0.05) is 26.2 Å². The zero-order valence-electron chi connectivity index (χ0n) is 7.43. The third-order valence-corrected chi connectivity index (χ3v) is 3.32. The van der Waals surface area contributed by atoms with Gasteiger partial charge in [0.2, 0.25) is 10.0 Å². The van der Waals surface area contributed by atoms with Gasteiger partial charge in [-0.25, -0.2) is 13.2 Å². The van der Waals surface area contributed by atoms with Gasteiger partial charge >= 0.3 is 6.03 Å². The number of hydrogen-bond acceptors (Lipinski definition) is 3. The van der Waals surface area contributed by atoms with Crippen molar-refractivity contribution in [2.45, 2.75) is 0 Å². The zero-order valence-corrected chi connectivity index (χ0v) is 8.25. The lowest BCUT2D eigenvalue weighted by Gasteiger charge is -2.31. The average molecular weight is 207 g/mol. The lowest BCUT2D eigenvalue weighted by molar-refractivity contribution is 0.181. The van der Waals surface area contributed by atoms with E-state index < -0.39 is 16.1 Å². The number of urea groups is 1. The van der Waals surface area contributed by atoms with Gasteiger partial charge in [0.05, 0.1) is 6.26 Å². The van der Waals surface area contributed by atoms with Crippen LogP contribution in [0.15, 0.2) is 0 Å². The molecule has 1 aliphatic rings. The lowest BCUT2D eigenvalue weighted by atomic mass is 10.4. The molecule has 1 fully saturated rings. The number of nitrogens with two attached hydrogens (primary N) is 1. The molecule has 0 aromatic heterocycles. The van der Waals surface area contributed by atoms with Crippen molar-refractivity contribution in [1.82, 2.24) is 9.21 Å². The first-order valence-electron chi connectivity index (χ1n) is 3.91. The topological polar surface area (TPSA) is 83.7 Å². The number of amides is 2. The Balaban J connectivity index is 2.53. The average Bonchev–Trinajstić information content (AvgIpc) is 2.03. The van der Waals surface area contributed by atoms with Crippen LogP contribution in [0.1, 0.15) is 0 Å². The van der Waals surface area contributed by atoms with Crippen LogP contribution < -0.4 is 5.73 Å². The summed E-state index contributed by atoms with van der Waals surface area (Å²) < 4.78 is 23.4. The summed E-state index contributed by atoms with van der Waals surface area (Å²) in [5, 5.41) is 0. The summed E-state index contributed by atoms with van der Waals surface area (Å²) in [6.45, 7) is 1.42. The van der Waals surface area contributed by atoms with Gasteiger partial charge in [-0.05, 0) is 0 Å². The van der Waals surface area contributed by atoms with Crippen LogP contribution in [0.2, 0.25) is 0 Å². The molecule has 0 aromatic carbocycles. The van der Waals surface area contributed by atoms with E-state index in [1.165, 1.54) is 9.21 Å². The Morgan fingerprint density at radius 2 is 1.69 bits per heavy atom. The summed E-state index contributed by atoms with van der Waals surface area (Å²) in [5.74, 6) is 0. The smallest absolute Gasteiger partial charge is 0.314 e. The van der Waals surface area contributed by atoms with E-state index in [1.807, 2.05) is 0 Å². The molecule has 0 atom stereocenters. The van der Waals surface area contributed by atoms with Crippen molar-refractivity contribution in [3.05, 3.63) is 0 Å². The molecule has 1 aliphatic heterocycles. The van der Waals surface area contributed by atoms with Crippen molar-refractivity contribution in [3.63, 3.8) is 0 Å². The maximum Gasteiger partial charge on any atom is 0.314 e. The second kappa shape index (κ2) is 3.51. The Morgan fingerprint density at radius 3 is 2.00 bits per heavy atom. The predicted octanol–water partition coefficient (Wildman–Crippen LogP) is -1.36. The third-order valence-electron chi connectivity index (χ3n) is 2.02. The number of nitrogens with zero attached hydrogens (tertiary/aromatic N) is 2. The maximum atomic E-state index is 11.1. The fraction of sp³-hybridized carbons (Fsp3) is 0.833. The SMILES string of the molecule is CS(=O)(=O)N1CCN(C(N)=O)CC1. The molecule has 0 spiro atoms. The molecule has 1 heterocycles. The van der Waals surface area contributed by atoms with Crippen molar-refractivity contribution in [3.8, 4) is 0 Å². The molecule has 0 unspecified atom stereocenters. The maximum absolute atomic E-state index is 11.1. The Kier molecular flexibility index (Phi) is 2.77. The van der Waals surface area contributed by atoms with E-state index in [9.17, 15) is 13.2 Å². The lowest BCUT2D eigenvalue weighted by Crippen LogP contribution is -2.51. The van der Waals surface area contributed by atoms with E-state index in [4.69, 9.17) is 5.73 Å². The van der Waals surface area contributed by atoms with Gasteiger partial charge in [0.25, 0.3) is 0 Å². The van der Waals surface area contributed by atoms with E-state index in [0.717, 1.165) is 6.26 Å². The van der Waals surface area contributed by atoms with Gasteiger partial charge in [0.1, 0.15) is 0 Å². The predicted molar refractivity (Wildman–Crippen MR) is 47.6 cm³/mol. The monoisotopic (exact) mass is 207 g/mol. The number of piperazine rings is 1. The van der Waals surface area contributed by atoms with E-state index >= 15 is 0 Å². The van der Waals surface area contributed by atoms with Crippen LogP contribution in [0.25, 0.3) is 0 Å². The second-order valence-electron chi connectivity index (χ2n) is 2.99. The fourth-order valence-corrected chi connectivity index (χ4v) is 2.07. The highest BCUT2D eigenvalue weighted by molar-refractivity contribution is 7.88. The Bertz CT molecular complexity index is 292. The summed E-state index contributed by atoms with van der Waals surface area (Å²) in [5.41, 5.74) is 5.04. The summed E-state index contributed by atoms with van der Waals surface area (Å²) >= 11 is 0. The van der Waals surface area contributed by atoms with Crippen LogP contribution in [0.5, 0.6) is 0 Å². The van der Waals surface area contributed by atoms with Gasteiger partial charge in [-0.15, -0.1) is 0 Å². The van der Waals surface area contributed by atoms with Gasteiger partial charge < -0.3 is 10.6 Å². The van der Waals surface area contributed by atoms with E-state index in [0.29, 0.717) is 26.2 Å². The van der Waals surface area contributed by atoms with Gasteiger partial charge in [-0.2, -0.15) is 4.31 Å². The second-order valence-corrected chi connectivity index (χ2v) is 4.97. The summed E-state index contributed by atoms with van der Waals surface area (Å²) in [4.78, 5) is 12.1. The quantitative estimate of drug-likeness (QED) is 0.576. The minimum atomic E-state index is -3.12. The van der Waals surface area contributed by atoms with Gasteiger partial charge in [-0.1, -0.05) is 0 Å². The van der Waals surface area contributed by atoms with Crippen LogP contribution in [-0.4, -0.2) is 56.1 Å². The standard InChI is InChI=1S/C6H13N3O3S/c1-13(11,12)9-4-2-8(3-5-9)6(7)10/h2-5H2,1H3,(H2,7,10). The van der Waals surface area contributed by atoms with Crippen LogP contribution >= 0.6 is 0 Å². The highest BCUT2D eigenvalue weighted by Crippen LogP contribution is 2.04. The number of rotatable bonds is 1. The zero-order chi connectivity index (χ0) is 10.1. The molecule has 0 saturated carbocycles. The number of hydrogen-bond donors (Lipinski definition) is 1.